The first-order valence-electron chi connectivity index (χ1n) is 10.2. The van der Waals surface area contributed by atoms with Gasteiger partial charge in [-0.05, 0) is 51.2 Å². The molecule has 0 unspecified atom stereocenters. The summed E-state index contributed by atoms with van der Waals surface area (Å²) in [4.78, 5) is 13.1. The molecule has 6 nitrogen and oxygen atoms in total. The van der Waals surface area contributed by atoms with Crippen molar-refractivity contribution in [1.29, 1.82) is 0 Å². The van der Waals surface area contributed by atoms with Crippen LogP contribution in [0.5, 0.6) is 0 Å². The first-order valence-corrected chi connectivity index (χ1v) is 10.2. The minimum absolute atomic E-state index is 0.137. The van der Waals surface area contributed by atoms with Gasteiger partial charge in [0.2, 0.25) is 0 Å². The van der Waals surface area contributed by atoms with Crippen molar-refractivity contribution in [1.82, 2.24) is 19.6 Å². The molecule has 6 heteroatoms. The zero-order valence-electron chi connectivity index (χ0n) is 16.2. The molecule has 28 heavy (non-hydrogen) atoms. The van der Waals surface area contributed by atoms with E-state index in [-0.39, 0.29) is 5.91 Å². The number of amides is 1. The first kappa shape index (κ1) is 17.2. The van der Waals surface area contributed by atoms with Crippen LogP contribution in [0.15, 0.2) is 36.5 Å². The summed E-state index contributed by atoms with van der Waals surface area (Å²) in [5.74, 6) is -0.137. The molecule has 0 spiro atoms. The summed E-state index contributed by atoms with van der Waals surface area (Å²) in [5.41, 5.74) is 5.61. The van der Waals surface area contributed by atoms with Crippen molar-refractivity contribution in [3.05, 3.63) is 59.2 Å². The molecule has 1 aromatic carbocycles. The Morgan fingerprint density at radius 1 is 1.11 bits per heavy atom. The molecule has 1 saturated carbocycles. The van der Waals surface area contributed by atoms with Crippen molar-refractivity contribution in [3.63, 3.8) is 0 Å². The summed E-state index contributed by atoms with van der Waals surface area (Å²) in [5, 5.41) is 12.3. The lowest BCUT2D eigenvalue weighted by Crippen LogP contribution is -2.16. The number of nitrogens with one attached hydrogen (secondary N) is 1. The number of carbonyl (C=O) groups excluding carboxylic acids is 1. The Labute approximate surface area is 164 Å². The highest BCUT2D eigenvalue weighted by molar-refractivity contribution is 6.04. The van der Waals surface area contributed by atoms with Crippen LogP contribution >= 0.6 is 0 Å². The fraction of sp³-hybridized carbons (Fsp3) is 0.409. The van der Waals surface area contributed by atoms with E-state index in [4.69, 9.17) is 0 Å². The summed E-state index contributed by atoms with van der Waals surface area (Å²) in [6.45, 7) is 2.04. The van der Waals surface area contributed by atoms with Gasteiger partial charge in [0, 0.05) is 11.3 Å². The maximum Gasteiger partial charge on any atom is 0.276 e. The molecule has 0 aliphatic heterocycles. The molecule has 1 fully saturated rings. The Morgan fingerprint density at radius 3 is 2.68 bits per heavy atom. The van der Waals surface area contributed by atoms with E-state index in [0.717, 1.165) is 47.6 Å². The van der Waals surface area contributed by atoms with Crippen molar-refractivity contribution in [2.45, 2.75) is 57.9 Å². The molecule has 0 atom stereocenters. The van der Waals surface area contributed by atoms with E-state index in [1.807, 2.05) is 41.9 Å². The van der Waals surface area contributed by atoms with Crippen LogP contribution in [-0.2, 0) is 12.8 Å². The summed E-state index contributed by atoms with van der Waals surface area (Å²) in [6, 6.07) is 10.5. The van der Waals surface area contributed by atoms with Crippen LogP contribution in [0.1, 0.15) is 65.6 Å². The highest BCUT2D eigenvalue weighted by Gasteiger charge is 2.28. The van der Waals surface area contributed by atoms with Crippen molar-refractivity contribution in [2.75, 3.05) is 5.32 Å². The average Bonchev–Trinajstić information content (AvgIpc) is 3.48. The minimum Gasteiger partial charge on any atom is -0.318 e. The number of hydrogen-bond donors (Lipinski definition) is 1. The van der Waals surface area contributed by atoms with Crippen molar-refractivity contribution >= 4 is 11.6 Å². The second-order valence-corrected chi connectivity index (χ2v) is 7.86. The molecule has 1 amide bonds. The van der Waals surface area contributed by atoms with Gasteiger partial charge < -0.3 is 5.32 Å². The molecule has 2 aromatic heterocycles. The van der Waals surface area contributed by atoms with Crippen LogP contribution in [0, 0.1) is 6.92 Å². The first-order chi connectivity index (χ1) is 13.7. The van der Waals surface area contributed by atoms with Gasteiger partial charge in [-0.25, -0.2) is 4.68 Å². The smallest absolute Gasteiger partial charge is 0.276 e. The third-order valence-electron chi connectivity index (χ3n) is 6.11. The molecule has 2 aliphatic carbocycles. The van der Waals surface area contributed by atoms with Gasteiger partial charge in [-0.2, -0.15) is 10.2 Å². The largest absolute Gasteiger partial charge is 0.318 e. The molecule has 0 radical (unpaired) electrons. The van der Waals surface area contributed by atoms with Crippen LogP contribution in [-0.4, -0.2) is 25.5 Å². The summed E-state index contributed by atoms with van der Waals surface area (Å²) in [7, 11) is 0. The molecular weight excluding hydrogens is 350 g/mol. The van der Waals surface area contributed by atoms with Gasteiger partial charge >= 0.3 is 0 Å². The Balaban J connectivity index is 1.44. The lowest BCUT2D eigenvalue weighted by atomic mass is 10.2. The fourth-order valence-electron chi connectivity index (χ4n) is 4.65. The SMILES string of the molecule is Cc1c(NC(=O)c2nn(-c3ccccc3)c3c2CCC3)cnn1C1CCCC1. The van der Waals surface area contributed by atoms with Crippen molar-refractivity contribution in [3.8, 4) is 5.69 Å². The zero-order chi connectivity index (χ0) is 19.1. The quantitative estimate of drug-likeness (QED) is 0.742. The Morgan fingerprint density at radius 2 is 1.89 bits per heavy atom. The molecule has 5 rings (SSSR count). The standard InChI is InChI=1S/C22H25N5O/c1-15-19(14-23-26(15)16-10-5-6-11-16)24-22(28)21-18-12-7-13-20(18)27(25-21)17-8-3-2-4-9-17/h2-4,8-9,14,16H,5-7,10-13H2,1H3,(H,24,28). The molecule has 0 saturated heterocycles. The van der Waals surface area contributed by atoms with Gasteiger partial charge in [0.1, 0.15) is 0 Å². The van der Waals surface area contributed by atoms with E-state index >= 15 is 0 Å². The van der Waals surface area contributed by atoms with Gasteiger partial charge in [-0.15, -0.1) is 0 Å². The molecule has 1 N–H and O–H groups in total. The van der Waals surface area contributed by atoms with Gasteiger partial charge in [0.25, 0.3) is 5.91 Å². The number of nitrogens with zero attached hydrogens (tertiary/aromatic N) is 4. The van der Waals surface area contributed by atoms with Crippen molar-refractivity contribution in [2.24, 2.45) is 0 Å². The van der Waals surface area contributed by atoms with Crippen LogP contribution in [0.3, 0.4) is 0 Å². The molecule has 3 aromatic rings. The number of para-hydroxylation sites is 1. The lowest BCUT2D eigenvalue weighted by Gasteiger charge is -2.12. The van der Waals surface area contributed by atoms with E-state index in [0.29, 0.717) is 11.7 Å². The second kappa shape index (κ2) is 6.93. The lowest BCUT2D eigenvalue weighted by molar-refractivity contribution is 0.102. The third-order valence-corrected chi connectivity index (χ3v) is 6.11. The number of anilines is 1. The van der Waals surface area contributed by atoms with E-state index in [1.54, 1.807) is 6.20 Å². The zero-order valence-corrected chi connectivity index (χ0v) is 16.2. The molecule has 0 bridgehead atoms. The van der Waals surface area contributed by atoms with Crippen LogP contribution < -0.4 is 5.32 Å². The number of fused-ring (bicyclic) bond motifs is 1. The van der Waals surface area contributed by atoms with Gasteiger partial charge in [-0.1, -0.05) is 31.0 Å². The van der Waals surface area contributed by atoms with E-state index in [9.17, 15) is 4.79 Å². The number of benzene rings is 1. The topological polar surface area (TPSA) is 64.7 Å². The number of carbonyl (C=O) groups is 1. The average molecular weight is 375 g/mol. The number of rotatable bonds is 4. The summed E-state index contributed by atoms with van der Waals surface area (Å²) >= 11 is 0. The van der Waals surface area contributed by atoms with Gasteiger partial charge in [0.05, 0.1) is 29.3 Å². The molecule has 2 aliphatic rings. The molecule has 144 valence electrons. The van der Waals surface area contributed by atoms with Crippen LogP contribution in [0.25, 0.3) is 5.69 Å². The predicted octanol–water partition coefficient (Wildman–Crippen LogP) is 4.23. The Bertz CT molecular complexity index is 1010. The molecule has 2 heterocycles. The van der Waals surface area contributed by atoms with Crippen LogP contribution in [0.4, 0.5) is 5.69 Å². The minimum atomic E-state index is -0.137. The van der Waals surface area contributed by atoms with E-state index < -0.39 is 0 Å². The number of hydrogen-bond acceptors (Lipinski definition) is 3. The second-order valence-electron chi connectivity index (χ2n) is 7.86. The van der Waals surface area contributed by atoms with Gasteiger partial charge in [-0.3, -0.25) is 9.48 Å². The molecular formula is C22H25N5O. The Hall–Kier alpha value is -2.89. The Kier molecular flexibility index (Phi) is 4.26. The van der Waals surface area contributed by atoms with Gasteiger partial charge in [0.15, 0.2) is 5.69 Å². The van der Waals surface area contributed by atoms with E-state index in [2.05, 4.69) is 20.2 Å². The number of aromatic nitrogens is 4. The summed E-state index contributed by atoms with van der Waals surface area (Å²) < 4.78 is 4.02. The monoisotopic (exact) mass is 375 g/mol. The van der Waals surface area contributed by atoms with E-state index in [1.165, 1.54) is 25.7 Å². The normalized spacial score (nSPS) is 16.5. The highest BCUT2D eigenvalue weighted by Crippen LogP contribution is 2.32. The van der Waals surface area contributed by atoms with Crippen molar-refractivity contribution < 1.29 is 4.79 Å². The fourth-order valence-corrected chi connectivity index (χ4v) is 4.65. The predicted molar refractivity (Wildman–Crippen MR) is 108 cm³/mol. The summed E-state index contributed by atoms with van der Waals surface area (Å²) in [6.07, 6.45) is 9.58. The third kappa shape index (κ3) is 2.84. The maximum absolute atomic E-state index is 13.1. The highest BCUT2D eigenvalue weighted by atomic mass is 16.2. The van der Waals surface area contributed by atoms with Crippen LogP contribution in [0.2, 0.25) is 0 Å². The maximum atomic E-state index is 13.1.